The fourth-order valence-corrected chi connectivity index (χ4v) is 16.0. The molecule has 3 aromatic heterocycles. The number of aryl methyl sites for hydroxylation is 1. The van der Waals surface area contributed by atoms with Crippen LogP contribution in [0.3, 0.4) is 0 Å². The van der Waals surface area contributed by atoms with Crippen molar-refractivity contribution in [3.63, 3.8) is 0 Å². The molecule has 0 spiro atoms. The van der Waals surface area contributed by atoms with E-state index in [1.807, 2.05) is 54.4 Å². The first-order chi connectivity index (χ1) is 27.7. The quantitative estimate of drug-likeness (QED) is 0.159. The van der Waals surface area contributed by atoms with Crippen molar-refractivity contribution in [1.82, 2.24) is 19.1 Å². The number of nitrogens with zero attached hydrogens (tertiary/aromatic N) is 4. The van der Waals surface area contributed by atoms with Crippen molar-refractivity contribution in [2.75, 3.05) is 0 Å². The summed E-state index contributed by atoms with van der Waals surface area (Å²) in [5.41, 5.74) is 6.17. The largest absolute Gasteiger partial charge is 0.457 e. The molecule has 5 nitrogen and oxygen atoms in total. The number of imidazole rings is 1. The van der Waals surface area contributed by atoms with E-state index >= 15 is 0 Å². The van der Waals surface area contributed by atoms with Gasteiger partial charge in [0.25, 0.3) is 0 Å². The summed E-state index contributed by atoms with van der Waals surface area (Å²) in [5, 5.41) is 7.82. The van der Waals surface area contributed by atoms with Crippen LogP contribution in [-0.4, -0.2) is 27.2 Å². The molecule has 0 bridgehead atoms. The Balaban J connectivity index is 1.14. The molecule has 0 atom stereocenters. The second kappa shape index (κ2) is 13.0. The van der Waals surface area contributed by atoms with E-state index < -0.39 is 8.07 Å². The van der Waals surface area contributed by atoms with Crippen molar-refractivity contribution >= 4 is 73.6 Å². The zero-order valence-corrected chi connectivity index (χ0v) is 32.3. The number of rotatable bonds is 6. The smallest absolute Gasteiger partial charge is 0.184 e. The zero-order chi connectivity index (χ0) is 37.2. The molecular formula is C49H34N4OSSi. The summed E-state index contributed by atoms with van der Waals surface area (Å²) in [6.07, 6.45) is 1.90. The third-order valence-electron chi connectivity index (χ3n) is 11.1. The Kier molecular flexibility index (Phi) is 7.59. The van der Waals surface area contributed by atoms with Crippen LogP contribution in [0.5, 0.6) is 11.5 Å². The summed E-state index contributed by atoms with van der Waals surface area (Å²) in [4.78, 5) is 12.6. The number of ether oxygens (including phenoxy) is 1. The summed E-state index contributed by atoms with van der Waals surface area (Å²) in [7, 11) is -0.847. The van der Waals surface area contributed by atoms with Crippen LogP contribution in [-0.2, 0) is 7.05 Å². The van der Waals surface area contributed by atoms with Crippen molar-refractivity contribution in [2.45, 2.75) is 9.79 Å². The minimum Gasteiger partial charge on any atom is -0.457 e. The topological polar surface area (TPSA) is 44.9 Å². The minimum atomic E-state index is -2.91. The van der Waals surface area contributed by atoms with Gasteiger partial charge in [-0.15, -0.1) is 0 Å². The molecule has 4 heterocycles. The van der Waals surface area contributed by atoms with Gasteiger partial charge in [-0.1, -0.05) is 127 Å². The molecule has 0 aliphatic carbocycles. The molecule has 10 aromatic rings. The van der Waals surface area contributed by atoms with Crippen LogP contribution in [0.25, 0.3) is 50.0 Å². The van der Waals surface area contributed by atoms with E-state index in [4.69, 9.17) is 14.7 Å². The summed E-state index contributed by atoms with van der Waals surface area (Å²) in [6.45, 7) is 0. The lowest BCUT2D eigenvalue weighted by atomic mass is 10.2. The Morgan fingerprint density at radius 1 is 0.589 bits per heavy atom. The SMILES string of the molecule is Cn1c(-c2cccc(Oc3cccc(-n4c5ncccc5c5ccc6c(c54)[Si](c4ccccc4)(c4ccccc4)c4ccccc4S6)c3)c2)nc2ccccc21. The monoisotopic (exact) mass is 754 g/mol. The van der Waals surface area contributed by atoms with Gasteiger partial charge in [0.15, 0.2) is 8.07 Å². The molecule has 0 amide bonds. The number of aromatic nitrogens is 4. The maximum Gasteiger partial charge on any atom is 0.184 e. The molecule has 56 heavy (non-hydrogen) atoms. The molecule has 7 aromatic carbocycles. The van der Waals surface area contributed by atoms with Gasteiger partial charge in [-0.25, -0.2) is 9.97 Å². The van der Waals surface area contributed by atoms with Crippen LogP contribution < -0.4 is 25.5 Å². The van der Waals surface area contributed by atoms with E-state index in [2.05, 4.69) is 162 Å². The fraction of sp³-hybridized carbons (Fsp3) is 0.0204. The van der Waals surface area contributed by atoms with Gasteiger partial charge < -0.3 is 9.30 Å². The highest BCUT2D eigenvalue weighted by atomic mass is 32.2. The molecule has 0 N–H and O–H groups in total. The van der Waals surface area contributed by atoms with Crippen molar-refractivity contribution in [2.24, 2.45) is 7.05 Å². The number of para-hydroxylation sites is 2. The minimum absolute atomic E-state index is 0.745. The van der Waals surface area contributed by atoms with Crippen LogP contribution in [0.4, 0.5) is 0 Å². The number of hydrogen-bond donors (Lipinski definition) is 0. The van der Waals surface area contributed by atoms with Crippen molar-refractivity contribution in [3.8, 4) is 28.6 Å². The molecule has 0 fully saturated rings. The highest BCUT2D eigenvalue weighted by Gasteiger charge is 2.48. The maximum absolute atomic E-state index is 6.69. The van der Waals surface area contributed by atoms with E-state index in [-0.39, 0.29) is 0 Å². The fourth-order valence-electron chi connectivity index (χ4n) is 8.80. The molecule has 1 aliphatic rings. The van der Waals surface area contributed by atoms with Gasteiger partial charge in [-0.2, -0.15) is 0 Å². The van der Waals surface area contributed by atoms with E-state index in [1.165, 1.54) is 41.4 Å². The van der Waals surface area contributed by atoms with Gasteiger partial charge in [0.05, 0.1) is 22.2 Å². The zero-order valence-electron chi connectivity index (χ0n) is 30.5. The van der Waals surface area contributed by atoms with Crippen molar-refractivity contribution in [1.29, 1.82) is 0 Å². The van der Waals surface area contributed by atoms with E-state index in [9.17, 15) is 0 Å². The lowest BCUT2D eigenvalue weighted by Gasteiger charge is -2.40. The Bertz CT molecular complexity index is 3080. The second-order valence-corrected chi connectivity index (χ2v) is 19.0. The predicted molar refractivity (Wildman–Crippen MR) is 233 cm³/mol. The van der Waals surface area contributed by atoms with E-state index in [0.717, 1.165) is 50.6 Å². The number of pyridine rings is 1. The summed E-state index contributed by atoms with van der Waals surface area (Å²) < 4.78 is 11.2. The van der Waals surface area contributed by atoms with Crippen LogP contribution in [0, 0.1) is 0 Å². The average molecular weight is 755 g/mol. The van der Waals surface area contributed by atoms with Crippen LogP contribution in [0.1, 0.15) is 0 Å². The van der Waals surface area contributed by atoms with Gasteiger partial charge in [0, 0.05) is 45.4 Å². The van der Waals surface area contributed by atoms with Crippen LogP contribution in [0.2, 0.25) is 0 Å². The third kappa shape index (κ3) is 4.94. The van der Waals surface area contributed by atoms with Crippen LogP contribution >= 0.6 is 11.8 Å². The summed E-state index contributed by atoms with van der Waals surface area (Å²) >= 11 is 1.88. The van der Waals surface area contributed by atoms with Gasteiger partial charge in [-0.05, 0) is 81.4 Å². The molecule has 0 saturated carbocycles. The number of benzene rings is 7. The average Bonchev–Trinajstić information content (AvgIpc) is 3.78. The molecule has 11 rings (SSSR count). The van der Waals surface area contributed by atoms with Crippen LogP contribution in [0.15, 0.2) is 198 Å². The van der Waals surface area contributed by atoms with Crippen molar-refractivity contribution < 1.29 is 4.74 Å². The lowest BCUT2D eigenvalue weighted by Crippen LogP contribution is -2.76. The Morgan fingerprint density at radius 2 is 1.30 bits per heavy atom. The first-order valence-corrected chi connectivity index (χ1v) is 21.6. The highest BCUT2D eigenvalue weighted by Crippen LogP contribution is 2.40. The predicted octanol–water partition coefficient (Wildman–Crippen LogP) is 9.37. The molecule has 0 saturated heterocycles. The third-order valence-corrected chi connectivity index (χ3v) is 17.5. The first-order valence-electron chi connectivity index (χ1n) is 18.8. The summed E-state index contributed by atoms with van der Waals surface area (Å²) in [6, 6.07) is 65.2. The second-order valence-electron chi connectivity index (χ2n) is 14.2. The Hall–Kier alpha value is -6.67. The highest BCUT2D eigenvalue weighted by molar-refractivity contribution is 8.00. The van der Waals surface area contributed by atoms with E-state index in [0.29, 0.717) is 0 Å². The maximum atomic E-state index is 6.69. The van der Waals surface area contributed by atoms with Gasteiger partial charge in [0.2, 0.25) is 0 Å². The number of fused-ring (bicyclic) bond motifs is 7. The number of hydrogen-bond acceptors (Lipinski definition) is 4. The standard InChI is InChI=1S/C49H34N4OSSi/c1-52-42-25-9-8-24-41(42)51-48(52)33-15-12-17-35(31-33)54-36-18-13-16-34(32-36)53-46-39(40-23-14-30-50-49(40)53)28-29-44-47(46)56(37-19-4-2-5-20-37,38-21-6-3-7-22-38)45-27-11-10-26-43(45)55-44/h2-32H,1H3. The van der Waals surface area contributed by atoms with Gasteiger partial charge in [0.1, 0.15) is 23.0 Å². The first kappa shape index (κ1) is 32.7. The molecule has 1 aliphatic heterocycles. The summed E-state index contributed by atoms with van der Waals surface area (Å²) in [5.74, 6) is 2.39. The molecule has 266 valence electrons. The lowest BCUT2D eigenvalue weighted by molar-refractivity contribution is 0.482. The van der Waals surface area contributed by atoms with Gasteiger partial charge in [-0.3, -0.25) is 4.57 Å². The molecule has 0 radical (unpaired) electrons. The van der Waals surface area contributed by atoms with E-state index in [1.54, 1.807) is 0 Å². The van der Waals surface area contributed by atoms with Gasteiger partial charge >= 0.3 is 0 Å². The Labute approximate surface area is 329 Å². The Morgan fingerprint density at radius 3 is 2.11 bits per heavy atom. The normalized spacial score (nSPS) is 13.2. The molecule has 0 unspecified atom stereocenters. The molecular weight excluding hydrogens is 721 g/mol. The van der Waals surface area contributed by atoms with Crippen molar-refractivity contribution in [3.05, 3.63) is 188 Å². The molecule has 7 heteroatoms.